The van der Waals surface area contributed by atoms with Crippen molar-refractivity contribution in [3.63, 3.8) is 0 Å². The fourth-order valence-corrected chi connectivity index (χ4v) is 0. The third-order valence-corrected chi connectivity index (χ3v) is 0. The molecular weight excluding hydrogens is 50.0 g/mol. The second kappa shape index (κ2) is 2.50. The van der Waals surface area contributed by atoms with Gasteiger partial charge in [0.1, 0.15) is 0 Å². The molecule has 0 aromatic carbocycles. The monoisotopic (exact) mass is 52.0 g/mol. The highest BCUT2D eigenvalue weighted by Crippen LogP contribution is 0.627. The van der Waals surface area contributed by atoms with Crippen LogP contribution >= 0.6 is 0 Å². The zero-order valence-corrected chi connectivity index (χ0v) is 2.10. The van der Waals surface area contributed by atoms with E-state index in [1.165, 1.54) is 0 Å². The molecule has 1 heteroatoms. The van der Waals surface area contributed by atoms with Crippen molar-refractivity contribution in [2.75, 3.05) is 0 Å². The average molecular weight is 52.1 g/mol. The van der Waals surface area contributed by atoms with Gasteiger partial charge in [-0.25, -0.2) is 0 Å². The summed E-state index contributed by atoms with van der Waals surface area (Å²) in [6.07, 6.45) is 8.00. The van der Waals surface area contributed by atoms with Crippen molar-refractivity contribution in [3.05, 3.63) is 6.57 Å². The summed E-state index contributed by atoms with van der Waals surface area (Å²) in [6, 6.07) is 0. The lowest BCUT2D eigenvalue weighted by atomic mass is 11.4. The van der Waals surface area contributed by atoms with Gasteiger partial charge in [0.2, 0.25) is 0 Å². The van der Waals surface area contributed by atoms with Crippen molar-refractivity contribution in [1.29, 1.82) is 5.26 Å². The molecule has 0 aliphatic rings. The number of terminal acetylenes is 1. The van der Waals surface area contributed by atoms with Crippen molar-refractivity contribution in [3.8, 4) is 12.8 Å². The van der Waals surface area contributed by atoms with Crippen LogP contribution in [0.15, 0.2) is 0 Å². The Morgan fingerprint density at radius 2 is 1.25 bits per heavy atom. The van der Waals surface area contributed by atoms with Crippen LogP contribution < -0.4 is 0 Å². The minimum atomic E-state index is 4.00. The van der Waals surface area contributed by atoms with Gasteiger partial charge in [-0.2, -0.15) is 0 Å². The van der Waals surface area contributed by atoms with E-state index in [4.69, 9.17) is 11.8 Å². The van der Waals surface area contributed by atoms with Gasteiger partial charge >= 0.3 is 0 Å². The Hall–Kier alpha value is -0.950. The van der Waals surface area contributed by atoms with Gasteiger partial charge < -0.3 is 11.8 Å². The third-order valence-electron chi connectivity index (χ3n) is 0. The Morgan fingerprint density at radius 1 is 1.25 bits per heavy atom. The Kier molecular flexibility index (Phi) is 7.28. The first-order chi connectivity index (χ1) is 2.00. The van der Waals surface area contributed by atoms with Crippen LogP contribution in [0.5, 0.6) is 0 Å². The van der Waals surface area contributed by atoms with Gasteiger partial charge in [-0.3, -0.25) is 0 Å². The van der Waals surface area contributed by atoms with E-state index in [0.717, 1.165) is 0 Å². The molecule has 0 saturated carbocycles. The van der Waals surface area contributed by atoms with Gasteiger partial charge in [0.25, 0.3) is 0 Å². The molecule has 0 radical (unpaired) electrons. The van der Waals surface area contributed by atoms with Gasteiger partial charge in [-0.05, 0) is 0 Å². The summed E-state index contributed by atoms with van der Waals surface area (Å²) in [5.74, 6) is 0. The maximum Gasteiger partial charge on any atom is -0.124 e. The van der Waals surface area contributed by atoms with Crippen LogP contribution in [0.1, 0.15) is 0 Å². The summed E-state index contributed by atoms with van der Waals surface area (Å²) in [4.78, 5) is 0. The lowest BCUT2D eigenvalue weighted by Crippen LogP contribution is -0.576. The quantitative estimate of drug-likeness (QED) is 0.288. The van der Waals surface area contributed by atoms with E-state index in [2.05, 4.69) is 12.8 Å². The molecule has 0 heterocycles. The highest BCUT2D eigenvalue weighted by Gasteiger charge is 0.454. The molecule has 0 spiro atoms. The van der Waals surface area contributed by atoms with E-state index >= 15 is 0 Å². The van der Waals surface area contributed by atoms with E-state index in [1.54, 1.807) is 0 Å². The van der Waals surface area contributed by atoms with E-state index in [9.17, 15) is 0 Å². The van der Waals surface area contributed by atoms with Crippen LogP contribution in [-0.4, -0.2) is 0 Å². The van der Waals surface area contributed by atoms with E-state index < -0.39 is 0 Å². The average Bonchev–Trinajstić information content (AvgIpc) is 1.50. The van der Waals surface area contributed by atoms with Crippen molar-refractivity contribution in [2.24, 2.45) is 0 Å². The van der Waals surface area contributed by atoms with Crippen LogP contribution in [0.2, 0.25) is 0 Å². The molecular formula is C3H2N-. The minimum absolute atomic E-state index is 4.00. The van der Waals surface area contributed by atoms with Gasteiger partial charge in [0.05, 0.1) is 0 Å². The molecule has 0 rings (SSSR count). The van der Waals surface area contributed by atoms with Crippen LogP contribution in [0.25, 0.3) is 0 Å². The Labute approximate surface area is 25.9 Å². The standard InChI is InChI=1S/C2H2.CN/c2*1-2/h1-2H;/q;-1. The first-order valence-corrected chi connectivity index (χ1v) is 0.557. The van der Waals surface area contributed by atoms with Crippen LogP contribution in [0.3, 0.4) is 0 Å². The fraction of sp³-hybridized carbons (Fsp3) is 0. The number of rotatable bonds is 0. The molecule has 0 unspecified atom stereocenters. The highest BCUT2D eigenvalue weighted by atomic mass is 14.2. The predicted octanol–water partition coefficient (Wildman–Crippen LogP) is 0.346. The van der Waals surface area contributed by atoms with Crippen molar-refractivity contribution in [1.82, 2.24) is 0 Å². The first-order valence-electron chi connectivity index (χ1n) is 0.557. The molecule has 20 valence electrons. The summed E-state index contributed by atoms with van der Waals surface area (Å²) >= 11 is 0. The van der Waals surface area contributed by atoms with Gasteiger partial charge in [-0.1, -0.05) is 0 Å². The Morgan fingerprint density at radius 3 is 1.25 bits per heavy atom. The molecule has 0 bridgehead atoms. The minimum Gasteiger partial charge on any atom is -0.512 e. The second-order valence-corrected chi connectivity index (χ2v) is 0. The second-order valence-electron chi connectivity index (χ2n) is 0. The van der Waals surface area contributed by atoms with E-state index in [1.807, 2.05) is 0 Å². The van der Waals surface area contributed by atoms with Gasteiger partial charge in [0, 0.05) is 0 Å². The van der Waals surface area contributed by atoms with E-state index in [0.29, 0.717) is 0 Å². The number of nitrogens with zero attached hydrogens (tertiary/aromatic N) is 1. The Bertz CT molecular complexity index is 18.8. The third kappa shape index (κ3) is 0.00291. The summed E-state index contributed by atoms with van der Waals surface area (Å²) in [6.45, 7) is 4.75. The molecule has 0 atom stereocenters. The Balaban J connectivity index is 0. The number of hydrogen-bond donors (Lipinski definition) is 0. The summed E-state index contributed by atoms with van der Waals surface area (Å²) in [7, 11) is 0. The molecule has 0 amide bonds. The largest absolute Gasteiger partial charge is 0.512 e. The SMILES string of the molecule is C#C.[C-]#N. The van der Waals surface area contributed by atoms with Crippen LogP contribution in [0.4, 0.5) is 0 Å². The number of hydrogen-bond acceptors (Lipinski definition) is 1. The van der Waals surface area contributed by atoms with Crippen LogP contribution in [-0.2, 0) is 0 Å². The van der Waals surface area contributed by atoms with Gasteiger partial charge in [0.15, 0.2) is 0 Å². The fourth-order valence-electron chi connectivity index (χ4n) is 0. The predicted molar refractivity (Wildman–Crippen MR) is 14.9 cm³/mol. The van der Waals surface area contributed by atoms with E-state index in [-0.39, 0.29) is 0 Å². The summed E-state index contributed by atoms with van der Waals surface area (Å²) in [5.41, 5.74) is 0. The maximum absolute atomic E-state index is 6.25. The lowest BCUT2D eigenvalue weighted by Gasteiger charge is -1.08. The highest BCUT2D eigenvalue weighted by molar-refractivity contribution is 4.47. The molecule has 0 aliphatic carbocycles. The van der Waals surface area contributed by atoms with Crippen LogP contribution in [0, 0.1) is 24.7 Å². The smallest absolute Gasteiger partial charge is 0.124 e. The molecule has 0 aromatic rings. The topological polar surface area (TPSA) is 23.8 Å². The molecule has 0 aromatic heterocycles. The maximum atomic E-state index is 6.25. The van der Waals surface area contributed by atoms with Crippen molar-refractivity contribution < 1.29 is 0 Å². The molecule has 1 nitrogen and oxygen atoms in total. The molecule has 0 saturated heterocycles. The first kappa shape index (κ1) is 11.6. The molecule has 0 aliphatic heterocycles. The molecule has 0 N–H and O–H groups in total. The summed E-state index contributed by atoms with van der Waals surface area (Å²) in [5, 5.41) is 6.25. The lowest BCUT2D eigenvalue weighted by molar-refractivity contribution is 1.53. The zero-order valence-electron chi connectivity index (χ0n) is 2.10. The summed E-state index contributed by atoms with van der Waals surface area (Å²) < 4.78 is 0. The molecule has 0 fully saturated rings. The normalized spacial score (nSPS) is 1.00. The molecule has 4 heavy (non-hydrogen) atoms. The van der Waals surface area contributed by atoms with Crippen molar-refractivity contribution in [2.45, 2.75) is 0 Å². The van der Waals surface area contributed by atoms with Crippen molar-refractivity contribution >= 4 is 0 Å². The zero-order chi connectivity index (χ0) is 4.00. The van der Waals surface area contributed by atoms with Gasteiger partial charge in [-0.15, -0.1) is 12.8 Å².